The van der Waals surface area contributed by atoms with Crippen LogP contribution in [0.3, 0.4) is 0 Å². The normalized spacial score (nSPS) is 21.6. The second kappa shape index (κ2) is 5.84. The van der Waals surface area contributed by atoms with Gasteiger partial charge in [-0.1, -0.05) is 25.0 Å². The highest BCUT2D eigenvalue weighted by Gasteiger charge is 2.21. The van der Waals surface area contributed by atoms with Gasteiger partial charge in [0.15, 0.2) is 0 Å². The lowest BCUT2D eigenvalue weighted by molar-refractivity contribution is -0.148. The molecule has 1 aliphatic carbocycles. The van der Waals surface area contributed by atoms with Gasteiger partial charge in [-0.05, 0) is 32.6 Å². The third-order valence-corrected chi connectivity index (χ3v) is 2.71. The Morgan fingerprint density at radius 3 is 3.00 bits per heavy atom. The van der Waals surface area contributed by atoms with Crippen molar-refractivity contribution in [2.45, 2.75) is 46.0 Å². The molecule has 2 nitrogen and oxygen atoms in total. The van der Waals surface area contributed by atoms with Gasteiger partial charge in [0, 0.05) is 0 Å². The van der Waals surface area contributed by atoms with E-state index in [1.54, 1.807) is 0 Å². The molecular formula is C12H20O2. The van der Waals surface area contributed by atoms with Crippen LogP contribution in [0, 0.1) is 5.92 Å². The Hall–Kier alpha value is -0.790. The average molecular weight is 196 g/mol. The average Bonchev–Trinajstić information content (AvgIpc) is 2.19. The number of rotatable bonds is 4. The number of unbranched alkanes of at least 4 members (excludes halogenated alkanes) is 1. The minimum absolute atomic E-state index is 0.00204. The monoisotopic (exact) mass is 196 g/mol. The van der Waals surface area contributed by atoms with Crippen LogP contribution in [-0.2, 0) is 9.53 Å². The van der Waals surface area contributed by atoms with E-state index < -0.39 is 0 Å². The largest absolute Gasteiger partial charge is 0.465 e. The van der Waals surface area contributed by atoms with Gasteiger partial charge in [-0.3, -0.25) is 4.79 Å². The molecule has 0 N–H and O–H groups in total. The molecule has 1 atom stereocenters. The molecule has 0 heterocycles. The van der Waals surface area contributed by atoms with Gasteiger partial charge in [-0.2, -0.15) is 0 Å². The molecule has 0 saturated heterocycles. The summed E-state index contributed by atoms with van der Waals surface area (Å²) in [7, 11) is 0. The maximum absolute atomic E-state index is 11.5. The number of carbonyl (C=O) groups excluding carboxylic acids is 1. The molecule has 0 radical (unpaired) electrons. The number of allylic oxidation sites excluding steroid dienone is 2. The van der Waals surface area contributed by atoms with Crippen LogP contribution in [0.25, 0.3) is 0 Å². The van der Waals surface area contributed by atoms with Crippen molar-refractivity contribution in [3.05, 3.63) is 11.6 Å². The highest BCUT2D eigenvalue weighted by atomic mass is 16.5. The topological polar surface area (TPSA) is 26.3 Å². The first-order valence-corrected chi connectivity index (χ1v) is 5.56. The smallest absolute Gasteiger partial charge is 0.309 e. The highest BCUT2D eigenvalue weighted by Crippen LogP contribution is 2.24. The Morgan fingerprint density at radius 2 is 2.43 bits per heavy atom. The summed E-state index contributed by atoms with van der Waals surface area (Å²) in [6, 6.07) is 0. The van der Waals surface area contributed by atoms with Crippen LogP contribution < -0.4 is 0 Å². The molecular weight excluding hydrogens is 176 g/mol. The minimum Gasteiger partial charge on any atom is -0.465 e. The van der Waals surface area contributed by atoms with Gasteiger partial charge in [0.25, 0.3) is 0 Å². The Labute approximate surface area is 86.3 Å². The SMILES string of the molecule is CCCCOC(=O)C1CC=C(C)CC1. The Morgan fingerprint density at radius 1 is 1.64 bits per heavy atom. The predicted octanol–water partition coefficient (Wildman–Crippen LogP) is 3.08. The summed E-state index contributed by atoms with van der Waals surface area (Å²) < 4.78 is 5.19. The molecule has 0 aromatic carbocycles. The fraction of sp³-hybridized carbons (Fsp3) is 0.750. The van der Waals surface area contributed by atoms with E-state index in [1.807, 2.05) is 0 Å². The number of carbonyl (C=O) groups is 1. The third kappa shape index (κ3) is 3.52. The molecule has 0 spiro atoms. The van der Waals surface area contributed by atoms with E-state index in [9.17, 15) is 4.79 Å². The summed E-state index contributed by atoms with van der Waals surface area (Å²) in [5.41, 5.74) is 1.41. The fourth-order valence-electron chi connectivity index (χ4n) is 1.61. The van der Waals surface area contributed by atoms with Crippen LogP contribution in [0.5, 0.6) is 0 Å². The number of ether oxygens (including phenoxy) is 1. The van der Waals surface area contributed by atoms with Crippen molar-refractivity contribution in [2.75, 3.05) is 6.61 Å². The van der Waals surface area contributed by atoms with Gasteiger partial charge >= 0.3 is 5.97 Å². The standard InChI is InChI=1S/C12H20O2/c1-3-4-9-14-12(13)11-7-5-10(2)6-8-11/h5,11H,3-4,6-9H2,1-2H3. The number of hydrogen-bond acceptors (Lipinski definition) is 2. The predicted molar refractivity (Wildman–Crippen MR) is 57.0 cm³/mol. The van der Waals surface area contributed by atoms with Crippen molar-refractivity contribution in [3.8, 4) is 0 Å². The summed E-state index contributed by atoms with van der Waals surface area (Å²) in [5.74, 6) is 0.123. The van der Waals surface area contributed by atoms with Crippen LogP contribution in [-0.4, -0.2) is 12.6 Å². The molecule has 0 bridgehead atoms. The van der Waals surface area contributed by atoms with Gasteiger partial charge in [0.05, 0.1) is 12.5 Å². The quantitative estimate of drug-likeness (QED) is 0.392. The lowest BCUT2D eigenvalue weighted by atomic mass is 9.90. The number of hydrogen-bond donors (Lipinski definition) is 0. The summed E-state index contributed by atoms with van der Waals surface area (Å²) >= 11 is 0. The molecule has 0 fully saturated rings. The van der Waals surface area contributed by atoms with Gasteiger partial charge in [-0.15, -0.1) is 0 Å². The molecule has 1 unspecified atom stereocenters. The van der Waals surface area contributed by atoms with E-state index in [4.69, 9.17) is 4.74 Å². The van der Waals surface area contributed by atoms with Crippen LogP contribution in [0.2, 0.25) is 0 Å². The van der Waals surface area contributed by atoms with Crippen molar-refractivity contribution in [2.24, 2.45) is 5.92 Å². The summed E-state index contributed by atoms with van der Waals surface area (Å²) in [4.78, 5) is 11.5. The van der Waals surface area contributed by atoms with Gasteiger partial charge in [0.2, 0.25) is 0 Å². The maximum Gasteiger partial charge on any atom is 0.309 e. The molecule has 0 aromatic rings. The zero-order valence-corrected chi connectivity index (χ0v) is 9.21. The molecule has 2 heteroatoms. The molecule has 0 aliphatic heterocycles. The van der Waals surface area contributed by atoms with Crippen molar-refractivity contribution >= 4 is 5.97 Å². The first-order chi connectivity index (χ1) is 6.74. The summed E-state index contributed by atoms with van der Waals surface area (Å²) in [6.07, 6.45) is 7.11. The first kappa shape index (κ1) is 11.3. The summed E-state index contributed by atoms with van der Waals surface area (Å²) in [6.45, 7) is 4.81. The van der Waals surface area contributed by atoms with Gasteiger partial charge in [0.1, 0.15) is 0 Å². The lowest BCUT2D eigenvalue weighted by Crippen LogP contribution is -2.19. The molecule has 1 aliphatic rings. The molecule has 0 amide bonds. The third-order valence-electron chi connectivity index (χ3n) is 2.71. The van der Waals surface area contributed by atoms with E-state index in [0.717, 1.165) is 32.1 Å². The molecule has 14 heavy (non-hydrogen) atoms. The fourth-order valence-corrected chi connectivity index (χ4v) is 1.61. The van der Waals surface area contributed by atoms with E-state index in [1.165, 1.54) is 5.57 Å². The molecule has 80 valence electrons. The van der Waals surface area contributed by atoms with Crippen LogP contribution in [0.4, 0.5) is 0 Å². The Balaban J connectivity index is 2.25. The van der Waals surface area contributed by atoms with Gasteiger partial charge < -0.3 is 4.74 Å². The van der Waals surface area contributed by atoms with Crippen molar-refractivity contribution in [3.63, 3.8) is 0 Å². The zero-order chi connectivity index (χ0) is 10.4. The van der Waals surface area contributed by atoms with Crippen LogP contribution >= 0.6 is 0 Å². The minimum atomic E-state index is 0.00204. The van der Waals surface area contributed by atoms with E-state index in [-0.39, 0.29) is 11.9 Å². The second-order valence-electron chi connectivity index (χ2n) is 4.04. The van der Waals surface area contributed by atoms with Crippen LogP contribution in [0.1, 0.15) is 46.0 Å². The van der Waals surface area contributed by atoms with Crippen LogP contribution in [0.15, 0.2) is 11.6 Å². The van der Waals surface area contributed by atoms with Crippen molar-refractivity contribution in [1.82, 2.24) is 0 Å². The molecule has 1 rings (SSSR count). The van der Waals surface area contributed by atoms with E-state index in [2.05, 4.69) is 19.9 Å². The van der Waals surface area contributed by atoms with Gasteiger partial charge in [-0.25, -0.2) is 0 Å². The molecule has 0 saturated carbocycles. The van der Waals surface area contributed by atoms with E-state index >= 15 is 0 Å². The van der Waals surface area contributed by atoms with E-state index in [0.29, 0.717) is 6.61 Å². The highest BCUT2D eigenvalue weighted by molar-refractivity contribution is 5.72. The number of esters is 1. The first-order valence-electron chi connectivity index (χ1n) is 5.56. The van der Waals surface area contributed by atoms with Crippen molar-refractivity contribution in [1.29, 1.82) is 0 Å². The Kier molecular flexibility index (Phi) is 4.71. The maximum atomic E-state index is 11.5. The lowest BCUT2D eigenvalue weighted by Gasteiger charge is -2.18. The molecule has 0 aromatic heterocycles. The zero-order valence-electron chi connectivity index (χ0n) is 9.21. The Bertz CT molecular complexity index is 218. The second-order valence-corrected chi connectivity index (χ2v) is 4.04. The van der Waals surface area contributed by atoms with Crippen molar-refractivity contribution < 1.29 is 9.53 Å². The summed E-state index contributed by atoms with van der Waals surface area (Å²) in [5, 5.41) is 0.